The molecule has 0 N–H and O–H groups in total. The molecule has 2 rings (SSSR count). The van der Waals surface area contributed by atoms with Crippen molar-refractivity contribution in [1.29, 1.82) is 5.26 Å². The van der Waals surface area contributed by atoms with Gasteiger partial charge in [-0.15, -0.1) is 0 Å². The van der Waals surface area contributed by atoms with Crippen molar-refractivity contribution in [3.8, 4) is 11.8 Å². The second-order valence-electron chi connectivity index (χ2n) is 4.64. The molecule has 140 valence electrons. The molecule has 0 aliphatic rings. The fourth-order valence-corrected chi connectivity index (χ4v) is 4.61. The molecule has 0 saturated carbocycles. The summed E-state index contributed by atoms with van der Waals surface area (Å²) < 4.78 is 61.9. The summed E-state index contributed by atoms with van der Waals surface area (Å²) in [4.78, 5) is -0.404. The zero-order valence-corrected chi connectivity index (χ0v) is 17.3. The largest absolute Gasteiger partial charge is 0.416 e. The maximum atomic E-state index is 13.6. The van der Waals surface area contributed by atoms with Crippen LogP contribution in [0.5, 0.6) is 0 Å². The van der Waals surface area contributed by atoms with Crippen molar-refractivity contribution in [3.05, 3.63) is 44.1 Å². The fourth-order valence-electron chi connectivity index (χ4n) is 1.95. The maximum absolute atomic E-state index is 13.6. The van der Waals surface area contributed by atoms with Gasteiger partial charge in [-0.1, -0.05) is 46.4 Å². The van der Waals surface area contributed by atoms with Crippen molar-refractivity contribution >= 4 is 73.1 Å². The molecule has 1 atom stereocenters. The topological polar surface area (TPSA) is 45.8 Å². The van der Waals surface area contributed by atoms with Crippen LogP contribution in [0, 0.1) is 11.3 Å². The van der Waals surface area contributed by atoms with E-state index in [4.69, 9.17) is 46.4 Å². The SMILES string of the molecule is N#Cc1c(S(=O)C(F)(Cl)Cl)cn(-c2c(Cl)cc(C(F)(F)F)cc2Cl)c1Br. The molecule has 1 heterocycles. The van der Waals surface area contributed by atoms with Crippen molar-refractivity contribution in [2.24, 2.45) is 0 Å². The first-order valence-corrected chi connectivity index (χ1v) is 9.60. The molecule has 1 unspecified atom stereocenters. The molecule has 1 aromatic heterocycles. The molecule has 0 aliphatic heterocycles. The molecule has 0 aliphatic carbocycles. The lowest BCUT2D eigenvalue weighted by Gasteiger charge is -2.14. The van der Waals surface area contributed by atoms with Gasteiger partial charge in [0.2, 0.25) is 0 Å². The molecule has 13 heteroatoms. The van der Waals surface area contributed by atoms with Gasteiger partial charge in [-0.05, 0) is 28.1 Å². The predicted octanol–water partition coefficient (Wildman–Crippen LogP) is 6.60. The summed E-state index contributed by atoms with van der Waals surface area (Å²) in [5, 5.41) is 8.39. The van der Waals surface area contributed by atoms with E-state index in [9.17, 15) is 27.0 Å². The Bertz CT molecular complexity index is 926. The zero-order valence-electron chi connectivity index (χ0n) is 11.8. The molecule has 0 saturated heterocycles. The molecular weight excluding hydrogens is 530 g/mol. The van der Waals surface area contributed by atoms with Crippen LogP contribution < -0.4 is 0 Å². The average Bonchev–Trinajstić information content (AvgIpc) is 2.80. The van der Waals surface area contributed by atoms with Crippen LogP contribution >= 0.6 is 62.3 Å². The molecule has 0 amide bonds. The van der Waals surface area contributed by atoms with Crippen LogP contribution in [-0.4, -0.2) is 12.7 Å². The van der Waals surface area contributed by atoms with Gasteiger partial charge in [-0.25, -0.2) is 4.21 Å². The number of aromatic nitrogens is 1. The number of alkyl halides is 6. The van der Waals surface area contributed by atoms with E-state index in [1.807, 2.05) is 0 Å². The van der Waals surface area contributed by atoms with Gasteiger partial charge < -0.3 is 4.57 Å². The highest BCUT2D eigenvalue weighted by Crippen LogP contribution is 2.41. The Labute approximate surface area is 175 Å². The van der Waals surface area contributed by atoms with Gasteiger partial charge in [-0.3, -0.25) is 0 Å². The Morgan fingerprint density at radius 1 is 1.15 bits per heavy atom. The Kier molecular flexibility index (Phi) is 6.28. The van der Waals surface area contributed by atoms with E-state index in [2.05, 4.69) is 15.9 Å². The van der Waals surface area contributed by atoms with Crippen LogP contribution in [0.15, 0.2) is 27.8 Å². The van der Waals surface area contributed by atoms with Crippen molar-refractivity contribution in [3.63, 3.8) is 0 Å². The summed E-state index contributed by atoms with van der Waals surface area (Å²) in [5.41, 5.74) is -1.55. The van der Waals surface area contributed by atoms with Gasteiger partial charge in [0.15, 0.2) is 0 Å². The molecule has 0 fully saturated rings. The highest BCUT2D eigenvalue weighted by molar-refractivity contribution is 9.10. The summed E-state index contributed by atoms with van der Waals surface area (Å²) in [5.74, 6) is 0. The van der Waals surface area contributed by atoms with Crippen LogP contribution in [0.3, 0.4) is 0 Å². The van der Waals surface area contributed by atoms with Crippen LogP contribution in [0.4, 0.5) is 17.6 Å². The first-order valence-electron chi connectivity index (χ1n) is 6.15. The normalized spacial score (nSPS) is 13.5. The second-order valence-corrected chi connectivity index (χ2v) is 9.43. The van der Waals surface area contributed by atoms with E-state index >= 15 is 0 Å². The summed E-state index contributed by atoms with van der Waals surface area (Å²) in [6, 6.07) is 2.92. The van der Waals surface area contributed by atoms with E-state index in [0.717, 1.165) is 10.8 Å². The van der Waals surface area contributed by atoms with Crippen molar-refractivity contribution < 1.29 is 21.8 Å². The number of hydrogen-bond acceptors (Lipinski definition) is 2. The standard InChI is InChI=1S/C13H3BrCl4F4N2OS/c14-11-6(3-23)9(26(25)13(17,18)22)4-24(11)10-7(15)1-5(2-8(10)16)12(19,20)21/h1-2,4H. The molecule has 0 bridgehead atoms. The fraction of sp³-hybridized carbons (Fsp3) is 0.154. The lowest BCUT2D eigenvalue weighted by Crippen LogP contribution is -2.13. The lowest BCUT2D eigenvalue weighted by atomic mass is 10.2. The molecule has 0 radical (unpaired) electrons. The van der Waals surface area contributed by atoms with Crippen molar-refractivity contribution in [1.82, 2.24) is 4.57 Å². The molecule has 0 spiro atoms. The summed E-state index contributed by atoms with van der Waals surface area (Å²) in [7, 11) is -2.68. The monoisotopic (exact) mass is 530 g/mol. The van der Waals surface area contributed by atoms with Crippen LogP contribution in [-0.2, 0) is 17.0 Å². The van der Waals surface area contributed by atoms with Gasteiger partial charge in [0.1, 0.15) is 27.0 Å². The average molecular weight is 533 g/mol. The Morgan fingerprint density at radius 3 is 2.04 bits per heavy atom. The number of nitrogens with zero attached hydrogens (tertiary/aromatic N) is 2. The third-order valence-corrected chi connectivity index (χ3v) is 6.34. The molecule has 3 nitrogen and oxygen atoms in total. The number of benzene rings is 1. The third kappa shape index (κ3) is 4.16. The van der Waals surface area contributed by atoms with E-state index < -0.39 is 41.4 Å². The van der Waals surface area contributed by atoms with E-state index in [1.54, 1.807) is 6.07 Å². The van der Waals surface area contributed by atoms with E-state index in [1.165, 1.54) is 0 Å². The Morgan fingerprint density at radius 2 is 1.65 bits per heavy atom. The van der Waals surface area contributed by atoms with Gasteiger partial charge in [0, 0.05) is 6.20 Å². The lowest BCUT2D eigenvalue weighted by molar-refractivity contribution is -0.137. The molecular formula is C13H3BrCl4F4N2OS. The summed E-state index contributed by atoms with van der Waals surface area (Å²) in [6.07, 6.45) is -3.70. The second kappa shape index (κ2) is 7.49. The van der Waals surface area contributed by atoms with E-state index in [-0.39, 0.29) is 15.9 Å². The van der Waals surface area contributed by atoms with E-state index in [0.29, 0.717) is 12.1 Å². The number of nitriles is 1. The van der Waals surface area contributed by atoms with Gasteiger partial charge in [0.25, 0.3) is 0 Å². The zero-order chi connectivity index (χ0) is 20.0. The molecule has 2 aromatic rings. The number of rotatable bonds is 3. The van der Waals surface area contributed by atoms with Gasteiger partial charge >= 0.3 is 10.1 Å². The highest BCUT2D eigenvalue weighted by Gasteiger charge is 2.37. The third-order valence-electron chi connectivity index (χ3n) is 3.02. The smallest absolute Gasteiger partial charge is 0.306 e. The Balaban J connectivity index is 2.74. The quantitative estimate of drug-likeness (QED) is 0.330. The minimum absolute atomic E-state index is 0.0792. The molecule has 1 aromatic carbocycles. The van der Waals surface area contributed by atoms with Crippen LogP contribution in [0.25, 0.3) is 5.69 Å². The predicted molar refractivity (Wildman–Crippen MR) is 95.2 cm³/mol. The van der Waals surface area contributed by atoms with Gasteiger partial charge in [0.05, 0.1) is 26.2 Å². The first kappa shape index (κ1) is 21.8. The van der Waals surface area contributed by atoms with Crippen LogP contribution in [0.1, 0.15) is 11.1 Å². The number of hydrogen-bond donors (Lipinski definition) is 0. The minimum atomic E-state index is -4.69. The first-order chi connectivity index (χ1) is 11.8. The number of halogens is 9. The van der Waals surface area contributed by atoms with Crippen molar-refractivity contribution in [2.45, 2.75) is 15.0 Å². The Hall–Kier alpha value is -0.500. The van der Waals surface area contributed by atoms with Crippen molar-refractivity contribution in [2.75, 3.05) is 0 Å². The minimum Gasteiger partial charge on any atom is -0.306 e. The van der Waals surface area contributed by atoms with Crippen LogP contribution in [0.2, 0.25) is 10.0 Å². The summed E-state index contributed by atoms with van der Waals surface area (Å²) in [6.45, 7) is 0. The van der Waals surface area contributed by atoms with Gasteiger partial charge in [-0.2, -0.15) is 22.8 Å². The molecule has 26 heavy (non-hydrogen) atoms. The highest BCUT2D eigenvalue weighted by atomic mass is 79.9. The maximum Gasteiger partial charge on any atom is 0.416 e. The summed E-state index contributed by atoms with van der Waals surface area (Å²) >= 11 is 25.2.